The number of nitrogens with one attached hydrogen (secondary N) is 1. The molecular weight excluding hydrogens is 373 g/mol. The minimum atomic E-state index is 0. The average Bonchev–Trinajstić information content (AvgIpc) is 2.66. The van der Waals surface area contributed by atoms with Crippen molar-refractivity contribution >= 4 is 17.5 Å². The first-order valence-electron chi connectivity index (χ1n) is 8.65. The van der Waals surface area contributed by atoms with Gasteiger partial charge < -0.3 is 26.9 Å². The Hall–Kier alpha value is -1.82. The molecule has 140 valence electrons. The summed E-state index contributed by atoms with van der Waals surface area (Å²) in [5, 5.41) is 0.447. The molecule has 0 radical (unpaired) electrons. The van der Waals surface area contributed by atoms with E-state index in [1.54, 1.807) is 6.07 Å². The van der Waals surface area contributed by atoms with E-state index in [1.165, 1.54) is 4.90 Å². The smallest absolute Gasteiger partial charge is 0.254 e. The lowest BCUT2D eigenvalue weighted by Gasteiger charge is -2.32. The normalized spacial score (nSPS) is 14.6. The Morgan fingerprint density at radius 3 is 2.54 bits per heavy atom. The maximum atomic E-state index is 12.4. The molecule has 5 nitrogen and oxygen atoms in total. The summed E-state index contributed by atoms with van der Waals surface area (Å²) in [4.78, 5) is 20.0. The maximum Gasteiger partial charge on any atom is 0.254 e. The molecule has 1 aromatic heterocycles. The molecule has 0 spiro atoms. The van der Waals surface area contributed by atoms with Crippen LogP contribution in [0.3, 0.4) is 0 Å². The van der Waals surface area contributed by atoms with Gasteiger partial charge in [-0.1, -0.05) is 35.9 Å². The molecule has 2 heterocycles. The van der Waals surface area contributed by atoms with Gasteiger partial charge in [-0.05, 0) is 18.2 Å². The number of quaternary nitrogens is 1. The van der Waals surface area contributed by atoms with Crippen LogP contribution in [0.4, 0.5) is 0 Å². The Morgan fingerprint density at radius 2 is 1.85 bits per heavy atom. The van der Waals surface area contributed by atoms with E-state index >= 15 is 0 Å². The molecule has 0 unspecified atom stereocenters. The third kappa shape index (κ3) is 5.87. The van der Waals surface area contributed by atoms with Gasteiger partial charge in [0.25, 0.3) is 5.91 Å². The molecule has 1 aromatic carbocycles. The van der Waals surface area contributed by atoms with Gasteiger partial charge in [-0.25, -0.2) is 4.98 Å². The molecule has 1 fully saturated rings. The summed E-state index contributed by atoms with van der Waals surface area (Å²) >= 11 is 5.84. The quantitative estimate of drug-likeness (QED) is 0.480. The molecule has 1 aliphatic heterocycles. The molecule has 0 atom stereocenters. The van der Waals surface area contributed by atoms with Crippen molar-refractivity contribution in [2.75, 3.05) is 39.3 Å². The summed E-state index contributed by atoms with van der Waals surface area (Å²) in [5.74, 6) is 0.704. The highest BCUT2D eigenvalue weighted by Gasteiger charge is 2.24. The summed E-state index contributed by atoms with van der Waals surface area (Å²) in [5.41, 5.74) is 0.772. The molecule has 7 heteroatoms. The van der Waals surface area contributed by atoms with E-state index in [9.17, 15) is 4.79 Å². The second-order valence-corrected chi connectivity index (χ2v) is 6.55. The number of pyridine rings is 1. The van der Waals surface area contributed by atoms with Crippen LogP contribution < -0.4 is 22.0 Å². The van der Waals surface area contributed by atoms with Gasteiger partial charge in [0.15, 0.2) is 0 Å². The molecule has 0 aliphatic carbocycles. The number of benzene rings is 1. The lowest BCUT2D eigenvalue weighted by molar-refractivity contribution is -0.904. The number of rotatable bonds is 6. The zero-order valence-corrected chi connectivity index (χ0v) is 16.0. The van der Waals surface area contributed by atoms with Gasteiger partial charge in [0.2, 0.25) is 5.88 Å². The highest BCUT2D eigenvalue weighted by molar-refractivity contribution is 6.29. The van der Waals surface area contributed by atoms with Crippen molar-refractivity contribution in [1.29, 1.82) is 0 Å². The largest absolute Gasteiger partial charge is 1.00 e. The lowest BCUT2D eigenvalue weighted by Crippen LogP contribution is -3.14. The predicted octanol–water partition coefficient (Wildman–Crippen LogP) is -1.45. The van der Waals surface area contributed by atoms with Crippen LogP contribution in [-0.4, -0.2) is 55.1 Å². The minimum absolute atomic E-state index is 0. The maximum absolute atomic E-state index is 12.4. The number of hydrogen-bond acceptors (Lipinski definition) is 3. The molecule has 3 rings (SSSR count). The number of carbonyl (C=O) groups is 1. The van der Waals surface area contributed by atoms with Gasteiger partial charge in [-0.15, -0.1) is 0 Å². The van der Waals surface area contributed by atoms with E-state index in [1.807, 2.05) is 47.4 Å². The second-order valence-electron chi connectivity index (χ2n) is 6.16. The number of ether oxygens (including phenoxy) is 1. The standard InChI is InChI=1S/C19H22ClN3O2.ClH/c20-17-8-4-9-18(21-17)25-15-5-10-22-11-13-23(14-12-22)19(24)16-6-2-1-3-7-16;/h1-4,6-9H,5,10-15H2;1H. The molecule has 1 amide bonds. The summed E-state index contributed by atoms with van der Waals surface area (Å²) < 4.78 is 5.62. The highest BCUT2D eigenvalue weighted by atomic mass is 35.5. The predicted molar refractivity (Wildman–Crippen MR) is 97.3 cm³/mol. The van der Waals surface area contributed by atoms with E-state index in [-0.39, 0.29) is 18.3 Å². The monoisotopic (exact) mass is 395 g/mol. The molecular formula is C19H23Cl2N3O2. The number of aromatic nitrogens is 1. The van der Waals surface area contributed by atoms with E-state index in [4.69, 9.17) is 16.3 Å². The van der Waals surface area contributed by atoms with Crippen LogP contribution in [-0.2, 0) is 0 Å². The number of halogens is 2. The van der Waals surface area contributed by atoms with Gasteiger partial charge in [0.05, 0.1) is 39.3 Å². The van der Waals surface area contributed by atoms with Crippen LogP contribution in [0.5, 0.6) is 5.88 Å². The summed E-state index contributed by atoms with van der Waals surface area (Å²) in [6.45, 7) is 5.24. The fraction of sp³-hybridized carbons (Fsp3) is 0.368. The Morgan fingerprint density at radius 1 is 1.12 bits per heavy atom. The number of piperazine rings is 1. The highest BCUT2D eigenvalue weighted by Crippen LogP contribution is 2.11. The Labute approximate surface area is 165 Å². The van der Waals surface area contributed by atoms with Crippen molar-refractivity contribution in [3.05, 3.63) is 59.2 Å². The van der Waals surface area contributed by atoms with Crippen molar-refractivity contribution < 1.29 is 26.8 Å². The molecule has 1 N–H and O–H groups in total. The third-order valence-corrected chi connectivity index (χ3v) is 4.60. The molecule has 0 bridgehead atoms. The van der Waals surface area contributed by atoms with Crippen LogP contribution >= 0.6 is 11.6 Å². The van der Waals surface area contributed by atoms with Crippen molar-refractivity contribution in [3.63, 3.8) is 0 Å². The van der Waals surface area contributed by atoms with E-state index in [0.29, 0.717) is 17.6 Å². The SMILES string of the molecule is O=C(c1ccccc1)N1CC[NH+](CCCOc2cccc(Cl)n2)CC1.[Cl-]. The third-order valence-electron chi connectivity index (χ3n) is 4.39. The second kappa shape index (κ2) is 10.4. The van der Waals surface area contributed by atoms with Crippen LogP contribution in [0.1, 0.15) is 16.8 Å². The number of hydrogen-bond donors (Lipinski definition) is 1. The van der Waals surface area contributed by atoms with E-state index in [0.717, 1.165) is 44.7 Å². The topological polar surface area (TPSA) is 46.9 Å². The van der Waals surface area contributed by atoms with E-state index < -0.39 is 0 Å². The first kappa shape index (κ1) is 20.5. The molecule has 2 aromatic rings. The fourth-order valence-corrected chi connectivity index (χ4v) is 3.16. The minimum Gasteiger partial charge on any atom is -1.00 e. The van der Waals surface area contributed by atoms with Gasteiger partial charge in [0.1, 0.15) is 5.15 Å². The van der Waals surface area contributed by atoms with Gasteiger partial charge in [0, 0.05) is 18.1 Å². The van der Waals surface area contributed by atoms with E-state index in [2.05, 4.69) is 4.98 Å². The first-order valence-corrected chi connectivity index (χ1v) is 9.03. The van der Waals surface area contributed by atoms with Crippen LogP contribution in [0.2, 0.25) is 5.15 Å². The van der Waals surface area contributed by atoms with Gasteiger partial charge in [-0.2, -0.15) is 0 Å². The van der Waals surface area contributed by atoms with Crippen molar-refractivity contribution in [2.24, 2.45) is 0 Å². The molecule has 1 aliphatic rings. The summed E-state index contributed by atoms with van der Waals surface area (Å²) in [7, 11) is 0. The summed E-state index contributed by atoms with van der Waals surface area (Å²) in [6.07, 6.45) is 0.955. The Kier molecular flexibility index (Phi) is 8.16. The average molecular weight is 396 g/mol. The van der Waals surface area contributed by atoms with Crippen LogP contribution in [0.15, 0.2) is 48.5 Å². The van der Waals surface area contributed by atoms with Crippen LogP contribution in [0.25, 0.3) is 0 Å². The Bertz CT molecular complexity index is 692. The summed E-state index contributed by atoms with van der Waals surface area (Å²) in [6, 6.07) is 14.9. The van der Waals surface area contributed by atoms with Crippen molar-refractivity contribution in [2.45, 2.75) is 6.42 Å². The fourth-order valence-electron chi connectivity index (χ4n) is 3.01. The molecule has 26 heavy (non-hydrogen) atoms. The number of carbonyl (C=O) groups excluding carboxylic acids is 1. The van der Waals surface area contributed by atoms with Gasteiger partial charge >= 0.3 is 0 Å². The molecule has 0 saturated carbocycles. The van der Waals surface area contributed by atoms with Gasteiger partial charge in [-0.3, -0.25) is 4.79 Å². The molecule has 1 saturated heterocycles. The van der Waals surface area contributed by atoms with Crippen molar-refractivity contribution in [3.8, 4) is 5.88 Å². The zero-order valence-electron chi connectivity index (χ0n) is 14.5. The zero-order chi connectivity index (χ0) is 17.5. The number of amides is 1. The number of nitrogens with zero attached hydrogens (tertiary/aromatic N) is 2. The van der Waals surface area contributed by atoms with Crippen molar-refractivity contribution in [1.82, 2.24) is 9.88 Å². The lowest BCUT2D eigenvalue weighted by atomic mass is 10.2. The first-order chi connectivity index (χ1) is 12.2. The van der Waals surface area contributed by atoms with Crippen LogP contribution in [0, 0.1) is 0 Å². The Balaban J connectivity index is 0.00000243.